The van der Waals surface area contributed by atoms with Gasteiger partial charge in [0.15, 0.2) is 0 Å². The van der Waals surface area contributed by atoms with E-state index < -0.39 is 5.63 Å². The van der Waals surface area contributed by atoms with E-state index in [1.807, 2.05) is 35.9 Å². The number of benzene rings is 2. The van der Waals surface area contributed by atoms with Crippen molar-refractivity contribution in [3.63, 3.8) is 0 Å². The fourth-order valence-corrected chi connectivity index (χ4v) is 3.12. The molecule has 2 aromatic heterocycles. The van der Waals surface area contributed by atoms with Crippen LogP contribution < -0.4 is 15.7 Å². The summed E-state index contributed by atoms with van der Waals surface area (Å²) in [4.78, 5) is 28.9. The zero-order chi connectivity index (χ0) is 20.2. The van der Waals surface area contributed by atoms with Crippen LogP contribution in [0.4, 0.5) is 5.69 Å². The van der Waals surface area contributed by atoms with Gasteiger partial charge in [-0.25, -0.2) is 9.78 Å². The first-order valence-corrected chi connectivity index (χ1v) is 9.19. The molecule has 0 unspecified atom stereocenters. The molecule has 2 heterocycles. The Hall–Kier alpha value is -3.87. The molecule has 7 heteroatoms. The number of fused-ring (bicyclic) bond motifs is 1. The lowest BCUT2D eigenvalue weighted by atomic mass is 10.1. The van der Waals surface area contributed by atoms with Gasteiger partial charge in [0, 0.05) is 42.1 Å². The third-order valence-corrected chi connectivity index (χ3v) is 4.38. The Morgan fingerprint density at radius 3 is 2.90 bits per heavy atom. The van der Waals surface area contributed by atoms with E-state index in [0.29, 0.717) is 35.6 Å². The van der Waals surface area contributed by atoms with Crippen molar-refractivity contribution in [2.75, 3.05) is 11.9 Å². The first-order valence-electron chi connectivity index (χ1n) is 9.19. The van der Waals surface area contributed by atoms with Crippen LogP contribution in [0.15, 0.2) is 76.5 Å². The maximum atomic E-state index is 12.9. The van der Waals surface area contributed by atoms with Crippen LogP contribution in [0.3, 0.4) is 0 Å². The van der Waals surface area contributed by atoms with Crippen molar-refractivity contribution in [1.29, 1.82) is 0 Å². The summed E-state index contributed by atoms with van der Waals surface area (Å²) in [6, 6.07) is 13.8. The van der Waals surface area contributed by atoms with Crippen molar-refractivity contribution in [1.82, 2.24) is 9.55 Å². The molecule has 7 nitrogen and oxygen atoms in total. The summed E-state index contributed by atoms with van der Waals surface area (Å²) in [5.41, 5.74) is 1.62. The van der Waals surface area contributed by atoms with Crippen LogP contribution in [-0.2, 0) is 6.54 Å². The van der Waals surface area contributed by atoms with Crippen LogP contribution in [0.25, 0.3) is 11.0 Å². The van der Waals surface area contributed by atoms with Gasteiger partial charge in [-0.15, -0.1) is 0 Å². The van der Waals surface area contributed by atoms with Crippen LogP contribution in [0, 0.1) is 0 Å². The molecule has 0 aliphatic heterocycles. The van der Waals surface area contributed by atoms with Gasteiger partial charge in [0.1, 0.15) is 11.3 Å². The van der Waals surface area contributed by atoms with E-state index >= 15 is 0 Å². The number of imidazole rings is 1. The fraction of sp³-hybridized carbons (Fsp3) is 0.136. The highest BCUT2D eigenvalue weighted by molar-refractivity contribution is 6.12. The molecule has 4 rings (SSSR count). The highest BCUT2D eigenvalue weighted by Gasteiger charge is 2.14. The standard InChI is InChI=1S/C22H19N3O4/c1-2-28-17-6-7-18-19(12-21(26)29-20(18)11-17)22(27)24-16-5-3-4-15(10-16)13-25-9-8-23-14-25/h3-12,14H,2,13H2,1H3,(H,24,27). The molecule has 0 saturated carbocycles. The number of amides is 1. The predicted octanol–water partition coefficient (Wildman–Crippen LogP) is 3.69. The van der Waals surface area contributed by atoms with Crippen LogP contribution in [0.1, 0.15) is 22.8 Å². The average molecular weight is 389 g/mol. The summed E-state index contributed by atoms with van der Waals surface area (Å²) >= 11 is 0. The zero-order valence-corrected chi connectivity index (χ0v) is 15.8. The first kappa shape index (κ1) is 18.5. The minimum absolute atomic E-state index is 0.249. The van der Waals surface area contributed by atoms with Crippen molar-refractivity contribution in [3.8, 4) is 5.75 Å². The van der Waals surface area contributed by atoms with Crippen molar-refractivity contribution in [3.05, 3.63) is 88.8 Å². The van der Waals surface area contributed by atoms with Crippen LogP contribution in [0.2, 0.25) is 0 Å². The van der Waals surface area contributed by atoms with Gasteiger partial charge in [0.25, 0.3) is 5.91 Å². The summed E-state index contributed by atoms with van der Waals surface area (Å²) < 4.78 is 12.6. The highest BCUT2D eigenvalue weighted by atomic mass is 16.5. The highest BCUT2D eigenvalue weighted by Crippen LogP contribution is 2.24. The predicted molar refractivity (Wildman–Crippen MR) is 109 cm³/mol. The Kier molecular flexibility index (Phi) is 5.11. The second kappa shape index (κ2) is 8.02. The average Bonchev–Trinajstić information content (AvgIpc) is 3.20. The molecule has 1 amide bonds. The SMILES string of the molecule is CCOc1ccc2c(C(=O)Nc3cccc(Cn4ccnc4)c3)cc(=O)oc2c1. The van der Waals surface area contributed by atoms with E-state index in [4.69, 9.17) is 9.15 Å². The largest absolute Gasteiger partial charge is 0.494 e. The summed E-state index contributed by atoms with van der Waals surface area (Å²) in [5, 5.41) is 3.40. The molecule has 146 valence electrons. The molecule has 0 atom stereocenters. The van der Waals surface area contributed by atoms with Gasteiger partial charge in [-0.2, -0.15) is 0 Å². The van der Waals surface area contributed by atoms with Crippen molar-refractivity contribution >= 4 is 22.6 Å². The lowest BCUT2D eigenvalue weighted by Crippen LogP contribution is -2.15. The number of aromatic nitrogens is 2. The van der Waals surface area contributed by atoms with E-state index in [1.54, 1.807) is 36.8 Å². The summed E-state index contributed by atoms with van der Waals surface area (Å²) in [5.74, 6) is 0.194. The van der Waals surface area contributed by atoms with E-state index in [1.165, 1.54) is 6.07 Å². The molecule has 0 spiro atoms. The number of carbonyl (C=O) groups excluding carboxylic acids is 1. The third-order valence-electron chi connectivity index (χ3n) is 4.38. The molecule has 0 aliphatic rings. The van der Waals surface area contributed by atoms with E-state index in [0.717, 1.165) is 5.56 Å². The van der Waals surface area contributed by atoms with Gasteiger partial charge in [-0.05, 0) is 36.8 Å². The van der Waals surface area contributed by atoms with Crippen LogP contribution >= 0.6 is 0 Å². The van der Waals surface area contributed by atoms with Gasteiger partial charge in [-0.1, -0.05) is 12.1 Å². The second-order valence-electron chi connectivity index (χ2n) is 6.46. The molecule has 29 heavy (non-hydrogen) atoms. The molecule has 0 aliphatic carbocycles. The Labute approximate surface area is 166 Å². The molecule has 0 fully saturated rings. The van der Waals surface area contributed by atoms with Crippen molar-refractivity contribution < 1.29 is 13.9 Å². The van der Waals surface area contributed by atoms with Gasteiger partial charge in [-0.3, -0.25) is 4.79 Å². The molecule has 0 saturated heterocycles. The Morgan fingerprint density at radius 2 is 2.10 bits per heavy atom. The summed E-state index contributed by atoms with van der Waals surface area (Å²) in [7, 11) is 0. The number of ether oxygens (including phenoxy) is 1. The van der Waals surface area contributed by atoms with Gasteiger partial charge < -0.3 is 19.0 Å². The number of rotatable bonds is 6. The third kappa shape index (κ3) is 4.19. The molecular weight excluding hydrogens is 370 g/mol. The quantitative estimate of drug-likeness (QED) is 0.508. The van der Waals surface area contributed by atoms with Gasteiger partial charge >= 0.3 is 5.63 Å². The first-order chi connectivity index (χ1) is 14.1. The van der Waals surface area contributed by atoms with E-state index in [9.17, 15) is 9.59 Å². The van der Waals surface area contributed by atoms with Crippen molar-refractivity contribution in [2.24, 2.45) is 0 Å². The fourth-order valence-electron chi connectivity index (χ4n) is 3.12. The van der Waals surface area contributed by atoms with Gasteiger partial charge in [0.2, 0.25) is 0 Å². The number of anilines is 1. The lowest BCUT2D eigenvalue weighted by molar-refractivity contribution is 0.102. The summed E-state index contributed by atoms with van der Waals surface area (Å²) in [6.07, 6.45) is 5.32. The maximum absolute atomic E-state index is 12.9. The molecule has 0 bridgehead atoms. The summed E-state index contributed by atoms with van der Waals surface area (Å²) in [6.45, 7) is 3.00. The molecule has 4 aromatic rings. The van der Waals surface area contributed by atoms with E-state index in [-0.39, 0.29) is 11.5 Å². The van der Waals surface area contributed by atoms with Crippen LogP contribution in [0.5, 0.6) is 5.75 Å². The smallest absolute Gasteiger partial charge is 0.337 e. The second-order valence-corrected chi connectivity index (χ2v) is 6.46. The van der Waals surface area contributed by atoms with Gasteiger partial charge in [0.05, 0.1) is 18.5 Å². The molecule has 2 aromatic carbocycles. The number of hydrogen-bond acceptors (Lipinski definition) is 5. The number of carbonyl (C=O) groups is 1. The van der Waals surface area contributed by atoms with Crippen LogP contribution in [-0.4, -0.2) is 22.1 Å². The number of nitrogens with zero attached hydrogens (tertiary/aromatic N) is 2. The molecule has 0 radical (unpaired) electrons. The number of nitrogens with one attached hydrogen (secondary N) is 1. The maximum Gasteiger partial charge on any atom is 0.337 e. The Bertz CT molecular complexity index is 1210. The molecular formula is C22H19N3O4. The van der Waals surface area contributed by atoms with Crippen molar-refractivity contribution in [2.45, 2.75) is 13.5 Å². The normalized spacial score (nSPS) is 10.8. The monoisotopic (exact) mass is 389 g/mol. The lowest BCUT2D eigenvalue weighted by Gasteiger charge is -2.10. The number of hydrogen-bond donors (Lipinski definition) is 1. The Morgan fingerprint density at radius 1 is 1.21 bits per heavy atom. The minimum atomic E-state index is -0.592. The topological polar surface area (TPSA) is 86.4 Å². The zero-order valence-electron chi connectivity index (χ0n) is 15.8. The molecule has 1 N–H and O–H groups in total. The van der Waals surface area contributed by atoms with E-state index in [2.05, 4.69) is 10.3 Å². The Balaban J connectivity index is 1.61. The minimum Gasteiger partial charge on any atom is -0.494 e.